The number of carbonyl (C=O) groups is 2. The van der Waals surface area contributed by atoms with Crippen LogP contribution >= 0.6 is 0 Å². The summed E-state index contributed by atoms with van der Waals surface area (Å²) in [4.78, 5) is 25.3. The average molecular weight is 311 g/mol. The van der Waals surface area contributed by atoms with Gasteiger partial charge in [-0.3, -0.25) is 9.59 Å². The molecule has 118 valence electrons. The van der Waals surface area contributed by atoms with Gasteiger partial charge in [0.2, 0.25) is 0 Å². The van der Waals surface area contributed by atoms with E-state index in [1.165, 1.54) is 0 Å². The van der Waals surface area contributed by atoms with E-state index >= 15 is 0 Å². The molecule has 0 saturated carbocycles. The van der Waals surface area contributed by atoms with Gasteiger partial charge in [-0.05, 0) is 30.7 Å². The molecule has 1 saturated heterocycles. The number of carboxylic acids is 1. The molecule has 2 aromatic rings. The first-order chi connectivity index (χ1) is 11.1. The largest absolute Gasteiger partial charge is 0.481 e. The third-order valence-electron chi connectivity index (χ3n) is 3.91. The van der Waals surface area contributed by atoms with Crippen molar-refractivity contribution < 1.29 is 19.4 Å². The number of amides is 1. The topological polar surface area (TPSA) is 66.8 Å². The van der Waals surface area contributed by atoms with Crippen LogP contribution < -0.4 is 4.74 Å². The summed E-state index contributed by atoms with van der Waals surface area (Å²) in [5.74, 6) is -0.407. The van der Waals surface area contributed by atoms with Crippen molar-refractivity contribution >= 4 is 11.9 Å². The summed E-state index contributed by atoms with van der Waals surface area (Å²) in [6.07, 6.45) is 0.489. The van der Waals surface area contributed by atoms with Gasteiger partial charge in [-0.2, -0.15) is 0 Å². The van der Waals surface area contributed by atoms with Gasteiger partial charge < -0.3 is 14.7 Å². The minimum atomic E-state index is -0.853. The first-order valence-electron chi connectivity index (χ1n) is 7.49. The van der Waals surface area contributed by atoms with Crippen molar-refractivity contribution in [1.29, 1.82) is 0 Å². The molecule has 0 bridgehead atoms. The van der Waals surface area contributed by atoms with Crippen molar-refractivity contribution in [3.05, 3.63) is 60.2 Å². The van der Waals surface area contributed by atoms with Crippen LogP contribution in [0.3, 0.4) is 0 Å². The van der Waals surface area contributed by atoms with Crippen LogP contribution in [-0.4, -0.2) is 35.0 Å². The first-order valence-corrected chi connectivity index (χ1v) is 7.49. The summed E-state index contributed by atoms with van der Waals surface area (Å²) in [6.45, 7) is 0.698. The molecule has 5 nitrogen and oxygen atoms in total. The maximum Gasteiger partial charge on any atom is 0.308 e. The number of carboxylic acid groups (broad SMARTS) is 1. The van der Waals surface area contributed by atoms with Gasteiger partial charge in [0.1, 0.15) is 11.5 Å². The zero-order valence-corrected chi connectivity index (χ0v) is 12.5. The van der Waals surface area contributed by atoms with Gasteiger partial charge in [0.25, 0.3) is 5.91 Å². The lowest BCUT2D eigenvalue weighted by molar-refractivity contribution is -0.141. The van der Waals surface area contributed by atoms with E-state index in [9.17, 15) is 9.59 Å². The van der Waals surface area contributed by atoms with Crippen molar-refractivity contribution in [1.82, 2.24) is 4.90 Å². The molecule has 1 aliphatic heterocycles. The highest BCUT2D eigenvalue weighted by Gasteiger charge is 2.32. The van der Waals surface area contributed by atoms with Crippen LogP contribution in [0.15, 0.2) is 54.6 Å². The van der Waals surface area contributed by atoms with Crippen LogP contribution in [-0.2, 0) is 4.79 Å². The number of rotatable bonds is 4. The average Bonchev–Trinajstić information content (AvgIpc) is 3.06. The Hall–Kier alpha value is -2.82. The fraction of sp³-hybridized carbons (Fsp3) is 0.222. The molecule has 0 aromatic heterocycles. The van der Waals surface area contributed by atoms with E-state index in [1.54, 1.807) is 29.2 Å². The van der Waals surface area contributed by atoms with Crippen molar-refractivity contribution in [3.8, 4) is 11.5 Å². The van der Waals surface area contributed by atoms with Gasteiger partial charge in [-0.15, -0.1) is 0 Å². The second-order valence-electron chi connectivity index (χ2n) is 5.49. The smallest absolute Gasteiger partial charge is 0.308 e. The molecule has 1 fully saturated rings. The highest BCUT2D eigenvalue weighted by Crippen LogP contribution is 2.28. The van der Waals surface area contributed by atoms with Crippen LogP contribution in [0.4, 0.5) is 0 Å². The third-order valence-corrected chi connectivity index (χ3v) is 3.91. The molecular weight excluding hydrogens is 294 g/mol. The SMILES string of the molecule is O=C(O)C1CCN(C(=O)c2ccccc2Oc2ccccc2)C1. The van der Waals surface area contributed by atoms with Gasteiger partial charge in [0.05, 0.1) is 11.5 Å². The minimum absolute atomic E-state index is 0.194. The fourth-order valence-electron chi connectivity index (χ4n) is 2.66. The number of hydrogen-bond donors (Lipinski definition) is 1. The Morgan fingerprint density at radius 3 is 2.43 bits per heavy atom. The molecular formula is C18H17NO4. The summed E-state index contributed by atoms with van der Waals surface area (Å²) in [7, 11) is 0. The number of aliphatic carboxylic acids is 1. The maximum absolute atomic E-state index is 12.7. The van der Waals surface area contributed by atoms with Crippen molar-refractivity contribution in [2.24, 2.45) is 5.92 Å². The summed E-state index contributed by atoms with van der Waals surface area (Å²) >= 11 is 0. The molecule has 3 rings (SSSR count). The van der Waals surface area contributed by atoms with Gasteiger partial charge in [-0.1, -0.05) is 30.3 Å². The highest BCUT2D eigenvalue weighted by atomic mass is 16.5. The fourth-order valence-corrected chi connectivity index (χ4v) is 2.66. The van der Waals surface area contributed by atoms with E-state index in [2.05, 4.69) is 0 Å². The van der Waals surface area contributed by atoms with E-state index < -0.39 is 11.9 Å². The first kappa shape index (κ1) is 15.1. The zero-order chi connectivity index (χ0) is 16.2. The Morgan fingerprint density at radius 2 is 1.74 bits per heavy atom. The lowest BCUT2D eigenvalue weighted by atomic mass is 10.1. The molecule has 0 aliphatic carbocycles. The Morgan fingerprint density at radius 1 is 1.04 bits per heavy atom. The summed E-state index contributed by atoms with van der Waals surface area (Å²) in [6, 6.07) is 16.3. The monoisotopic (exact) mass is 311 g/mol. The molecule has 0 spiro atoms. The summed E-state index contributed by atoms with van der Waals surface area (Å²) in [5, 5.41) is 9.07. The van der Waals surface area contributed by atoms with Crippen molar-refractivity contribution in [2.45, 2.75) is 6.42 Å². The number of likely N-dealkylation sites (tertiary alicyclic amines) is 1. The van der Waals surface area contributed by atoms with Crippen LogP contribution in [0.25, 0.3) is 0 Å². The van der Waals surface area contributed by atoms with Crippen LogP contribution in [0.2, 0.25) is 0 Å². The lowest BCUT2D eigenvalue weighted by Crippen LogP contribution is -2.30. The predicted octanol–water partition coefficient (Wildman–Crippen LogP) is 3.03. The Bertz CT molecular complexity index is 714. The van der Waals surface area contributed by atoms with E-state index in [0.717, 1.165) is 0 Å². The molecule has 0 radical (unpaired) electrons. The molecule has 1 N–H and O–H groups in total. The van der Waals surface area contributed by atoms with Crippen LogP contribution in [0, 0.1) is 5.92 Å². The van der Waals surface area contributed by atoms with E-state index in [4.69, 9.17) is 9.84 Å². The lowest BCUT2D eigenvalue weighted by Gasteiger charge is -2.18. The van der Waals surface area contributed by atoms with Gasteiger partial charge in [-0.25, -0.2) is 0 Å². The number of hydrogen-bond acceptors (Lipinski definition) is 3. The zero-order valence-electron chi connectivity index (χ0n) is 12.5. The Balaban J connectivity index is 1.80. The normalized spacial score (nSPS) is 17.0. The molecule has 1 atom stereocenters. The van der Waals surface area contributed by atoms with E-state index in [1.807, 2.05) is 30.3 Å². The summed E-state index contributed by atoms with van der Waals surface area (Å²) in [5.41, 5.74) is 0.447. The maximum atomic E-state index is 12.7. The quantitative estimate of drug-likeness (QED) is 0.942. The Labute approximate surface area is 134 Å². The molecule has 2 aromatic carbocycles. The number of ether oxygens (including phenoxy) is 1. The highest BCUT2D eigenvalue weighted by molar-refractivity contribution is 5.97. The molecule has 1 aliphatic rings. The van der Waals surface area contributed by atoms with Gasteiger partial charge >= 0.3 is 5.97 Å². The molecule has 1 amide bonds. The second kappa shape index (κ2) is 6.52. The van der Waals surface area contributed by atoms with Gasteiger partial charge in [0.15, 0.2) is 0 Å². The van der Waals surface area contributed by atoms with E-state index in [-0.39, 0.29) is 12.5 Å². The number of carbonyl (C=O) groups excluding carboxylic acids is 1. The number of benzene rings is 2. The van der Waals surface area contributed by atoms with Crippen LogP contribution in [0.1, 0.15) is 16.8 Å². The van der Waals surface area contributed by atoms with Crippen molar-refractivity contribution in [2.75, 3.05) is 13.1 Å². The van der Waals surface area contributed by atoms with Crippen molar-refractivity contribution in [3.63, 3.8) is 0 Å². The molecule has 5 heteroatoms. The predicted molar refractivity (Wildman–Crippen MR) is 84.6 cm³/mol. The minimum Gasteiger partial charge on any atom is -0.481 e. The molecule has 23 heavy (non-hydrogen) atoms. The van der Waals surface area contributed by atoms with Crippen LogP contribution in [0.5, 0.6) is 11.5 Å². The molecule has 1 unspecified atom stereocenters. The Kier molecular flexibility index (Phi) is 4.28. The number of nitrogens with zero attached hydrogens (tertiary/aromatic N) is 1. The third kappa shape index (κ3) is 3.34. The van der Waals surface area contributed by atoms with Gasteiger partial charge in [0, 0.05) is 13.1 Å². The number of para-hydroxylation sites is 2. The van der Waals surface area contributed by atoms with E-state index in [0.29, 0.717) is 30.0 Å². The standard InChI is InChI=1S/C18H17NO4/c20-17(19-11-10-13(12-19)18(21)22)15-8-4-5-9-16(15)23-14-6-2-1-3-7-14/h1-9,13H,10-12H2,(H,21,22). The molecule has 1 heterocycles. The second-order valence-corrected chi connectivity index (χ2v) is 5.49. The summed E-state index contributed by atoms with van der Waals surface area (Å²) < 4.78 is 5.80.